The SMILES string of the molecule is O=C(NCC1CCCCN1)NC1CCCCC1. The number of nitrogens with one attached hydrogen (secondary N) is 3. The lowest BCUT2D eigenvalue weighted by atomic mass is 9.96. The van der Waals surface area contributed by atoms with Crippen LogP contribution in [0, 0.1) is 0 Å². The van der Waals surface area contributed by atoms with E-state index >= 15 is 0 Å². The smallest absolute Gasteiger partial charge is 0.315 e. The van der Waals surface area contributed by atoms with E-state index < -0.39 is 0 Å². The van der Waals surface area contributed by atoms with Gasteiger partial charge in [-0.3, -0.25) is 0 Å². The number of carbonyl (C=O) groups is 1. The van der Waals surface area contributed by atoms with Crippen molar-refractivity contribution in [3.05, 3.63) is 0 Å². The fourth-order valence-electron chi connectivity index (χ4n) is 2.80. The number of hydrogen-bond acceptors (Lipinski definition) is 2. The Bertz CT molecular complexity index is 233. The standard InChI is InChI=1S/C13H25N3O/c17-13(16-11-6-2-1-3-7-11)15-10-12-8-4-5-9-14-12/h11-12,14H,1-10H2,(H2,15,16,17). The Kier molecular flexibility index (Phi) is 5.10. The van der Waals surface area contributed by atoms with Crippen LogP contribution in [0.2, 0.25) is 0 Å². The quantitative estimate of drug-likeness (QED) is 0.703. The second-order valence-electron chi connectivity index (χ2n) is 5.34. The number of carbonyl (C=O) groups excluding carboxylic acids is 1. The van der Waals surface area contributed by atoms with E-state index in [1.165, 1.54) is 38.5 Å². The molecule has 1 atom stereocenters. The number of hydrogen-bond donors (Lipinski definition) is 3. The Hall–Kier alpha value is -0.770. The van der Waals surface area contributed by atoms with Gasteiger partial charge in [0.05, 0.1) is 0 Å². The molecule has 98 valence electrons. The first-order valence-electron chi connectivity index (χ1n) is 7.12. The number of piperidine rings is 1. The maximum absolute atomic E-state index is 11.7. The van der Waals surface area contributed by atoms with E-state index in [9.17, 15) is 4.79 Å². The van der Waals surface area contributed by atoms with E-state index in [-0.39, 0.29) is 6.03 Å². The highest BCUT2D eigenvalue weighted by atomic mass is 16.2. The summed E-state index contributed by atoms with van der Waals surface area (Å²) in [6.07, 6.45) is 9.87. The third kappa shape index (κ3) is 4.54. The van der Waals surface area contributed by atoms with E-state index in [1.54, 1.807) is 0 Å². The Morgan fingerprint density at radius 2 is 1.82 bits per heavy atom. The fraction of sp³-hybridized carbons (Fsp3) is 0.923. The molecule has 1 saturated heterocycles. The lowest BCUT2D eigenvalue weighted by Crippen LogP contribution is -2.48. The van der Waals surface area contributed by atoms with Crippen LogP contribution in [-0.4, -0.2) is 31.2 Å². The average Bonchev–Trinajstić information content (AvgIpc) is 2.39. The summed E-state index contributed by atoms with van der Waals surface area (Å²) in [4.78, 5) is 11.7. The van der Waals surface area contributed by atoms with E-state index in [4.69, 9.17) is 0 Å². The second kappa shape index (κ2) is 6.84. The summed E-state index contributed by atoms with van der Waals surface area (Å²) in [6, 6.07) is 0.896. The van der Waals surface area contributed by atoms with Gasteiger partial charge in [-0.2, -0.15) is 0 Å². The summed E-state index contributed by atoms with van der Waals surface area (Å²) in [7, 11) is 0. The minimum absolute atomic E-state index is 0.0178. The molecule has 1 saturated carbocycles. The monoisotopic (exact) mass is 239 g/mol. The largest absolute Gasteiger partial charge is 0.337 e. The lowest BCUT2D eigenvalue weighted by Gasteiger charge is -2.26. The second-order valence-corrected chi connectivity index (χ2v) is 5.34. The van der Waals surface area contributed by atoms with Gasteiger partial charge in [0.15, 0.2) is 0 Å². The molecule has 1 aliphatic heterocycles. The van der Waals surface area contributed by atoms with Crippen LogP contribution in [0.4, 0.5) is 4.79 Å². The zero-order chi connectivity index (χ0) is 11.9. The molecule has 0 spiro atoms. The Morgan fingerprint density at radius 1 is 1.06 bits per heavy atom. The minimum Gasteiger partial charge on any atom is -0.337 e. The van der Waals surface area contributed by atoms with Gasteiger partial charge in [-0.15, -0.1) is 0 Å². The molecule has 2 rings (SSSR count). The van der Waals surface area contributed by atoms with E-state index in [1.807, 2.05) is 0 Å². The minimum atomic E-state index is 0.0178. The maximum atomic E-state index is 11.7. The summed E-state index contributed by atoms with van der Waals surface area (Å²) < 4.78 is 0. The van der Waals surface area contributed by atoms with Gasteiger partial charge in [0.1, 0.15) is 0 Å². The van der Waals surface area contributed by atoms with Crippen LogP contribution < -0.4 is 16.0 Å². The summed E-state index contributed by atoms with van der Waals surface area (Å²) in [5.74, 6) is 0. The molecule has 0 bridgehead atoms. The molecule has 2 aliphatic rings. The van der Waals surface area contributed by atoms with Crippen molar-refractivity contribution in [3.8, 4) is 0 Å². The molecule has 17 heavy (non-hydrogen) atoms. The summed E-state index contributed by atoms with van der Waals surface area (Å²) in [6.45, 7) is 1.86. The molecule has 4 nitrogen and oxygen atoms in total. The molecule has 2 amide bonds. The van der Waals surface area contributed by atoms with E-state index in [2.05, 4.69) is 16.0 Å². The third-order valence-corrected chi connectivity index (χ3v) is 3.86. The summed E-state index contributed by atoms with van der Waals surface area (Å²) in [5, 5.41) is 9.50. The van der Waals surface area contributed by atoms with Gasteiger partial charge in [0.2, 0.25) is 0 Å². The molecule has 2 fully saturated rings. The molecule has 1 unspecified atom stereocenters. The molecular weight excluding hydrogens is 214 g/mol. The van der Waals surface area contributed by atoms with Crippen molar-refractivity contribution in [1.29, 1.82) is 0 Å². The predicted molar refractivity (Wildman–Crippen MR) is 69.0 cm³/mol. The van der Waals surface area contributed by atoms with Crippen LogP contribution in [0.15, 0.2) is 0 Å². The van der Waals surface area contributed by atoms with Crippen LogP contribution in [0.3, 0.4) is 0 Å². The van der Waals surface area contributed by atoms with Crippen molar-refractivity contribution in [3.63, 3.8) is 0 Å². The van der Waals surface area contributed by atoms with E-state index in [0.717, 1.165) is 25.9 Å². The Morgan fingerprint density at radius 3 is 2.53 bits per heavy atom. The first-order valence-corrected chi connectivity index (χ1v) is 7.12. The van der Waals surface area contributed by atoms with Gasteiger partial charge in [0.25, 0.3) is 0 Å². The Labute approximate surface area is 104 Å². The first kappa shape index (κ1) is 12.7. The van der Waals surface area contributed by atoms with Crippen LogP contribution in [-0.2, 0) is 0 Å². The van der Waals surface area contributed by atoms with Crippen molar-refractivity contribution in [2.45, 2.75) is 63.5 Å². The predicted octanol–water partition coefficient (Wildman–Crippen LogP) is 1.76. The molecule has 0 aromatic rings. The van der Waals surface area contributed by atoms with Gasteiger partial charge in [-0.1, -0.05) is 25.7 Å². The topological polar surface area (TPSA) is 53.2 Å². The number of urea groups is 1. The number of amides is 2. The highest BCUT2D eigenvalue weighted by molar-refractivity contribution is 5.74. The number of rotatable bonds is 3. The summed E-state index contributed by atoms with van der Waals surface area (Å²) >= 11 is 0. The molecule has 1 aliphatic carbocycles. The van der Waals surface area contributed by atoms with Gasteiger partial charge in [-0.25, -0.2) is 4.79 Å². The Balaban J connectivity index is 1.59. The third-order valence-electron chi connectivity index (χ3n) is 3.86. The molecule has 4 heteroatoms. The zero-order valence-electron chi connectivity index (χ0n) is 10.6. The van der Waals surface area contributed by atoms with Crippen molar-refractivity contribution < 1.29 is 4.79 Å². The molecule has 0 aromatic heterocycles. The van der Waals surface area contributed by atoms with Gasteiger partial charge >= 0.3 is 6.03 Å². The first-order chi connectivity index (χ1) is 8.34. The zero-order valence-corrected chi connectivity index (χ0v) is 10.6. The highest BCUT2D eigenvalue weighted by Crippen LogP contribution is 2.17. The average molecular weight is 239 g/mol. The molecule has 3 N–H and O–H groups in total. The van der Waals surface area contributed by atoms with Crippen molar-refractivity contribution >= 4 is 6.03 Å². The molecule has 0 radical (unpaired) electrons. The van der Waals surface area contributed by atoms with E-state index in [0.29, 0.717) is 12.1 Å². The highest BCUT2D eigenvalue weighted by Gasteiger charge is 2.17. The van der Waals surface area contributed by atoms with Crippen LogP contribution in [0.5, 0.6) is 0 Å². The molecule has 0 aromatic carbocycles. The lowest BCUT2D eigenvalue weighted by molar-refractivity contribution is 0.230. The van der Waals surface area contributed by atoms with Gasteiger partial charge < -0.3 is 16.0 Å². The van der Waals surface area contributed by atoms with Crippen LogP contribution in [0.1, 0.15) is 51.4 Å². The fourth-order valence-corrected chi connectivity index (χ4v) is 2.80. The van der Waals surface area contributed by atoms with Crippen molar-refractivity contribution in [2.75, 3.05) is 13.1 Å². The van der Waals surface area contributed by atoms with Crippen LogP contribution in [0.25, 0.3) is 0 Å². The normalized spacial score (nSPS) is 26.5. The molecule has 1 heterocycles. The van der Waals surface area contributed by atoms with Crippen LogP contribution >= 0.6 is 0 Å². The van der Waals surface area contributed by atoms with Crippen molar-refractivity contribution in [1.82, 2.24) is 16.0 Å². The maximum Gasteiger partial charge on any atom is 0.315 e. The molecular formula is C13H25N3O. The van der Waals surface area contributed by atoms with Crippen molar-refractivity contribution in [2.24, 2.45) is 0 Å². The van der Waals surface area contributed by atoms with Gasteiger partial charge in [0, 0.05) is 18.6 Å². The van der Waals surface area contributed by atoms with Gasteiger partial charge in [-0.05, 0) is 32.2 Å². The summed E-state index contributed by atoms with van der Waals surface area (Å²) in [5.41, 5.74) is 0.